The number of hydrogen-bond donors (Lipinski definition) is 1. The molecule has 1 aliphatic rings. The smallest absolute Gasteiger partial charge is 0.263 e. The highest BCUT2D eigenvalue weighted by Crippen LogP contribution is 2.20. The Morgan fingerprint density at radius 1 is 1.56 bits per heavy atom. The Morgan fingerprint density at radius 2 is 2.31 bits per heavy atom. The van der Waals surface area contributed by atoms with Crippen molar-refractivity contribution < 1.29 is 4.79 Å². The van der Waals surface area contributed by atoms with E-state index in [9.17, 15) is 4.79 Å². The fourth-order valence-corrected chi connectivity index (χ4v) is 2.88. The first-order chi connectivity index (χ1) is 7.81. The molecule has 0 aromatic carbocycles. The van der Waals surface area contributed by atoms with Gasteiger partial charge >= 0.3 is 0 Å². The molecule has 0 spiro atoms. The van der Waals surface area contributed by atoms with Crippen LogP contribution >= 0.6 is 11.3 Å². The maximum Gasteiger partial charge on any atom is 0.263 e. The lowest BCUT2D eigenvalue weighted by molar-refractivity contribution is 0.0696. The lowest BCUT2D eigenvalue weighted by Gasteiger charge is -2.31. The molecule has 1 aromatic heterocycles. The zero-order valence-corrected chi connectivity index (χ0v) is 10.4. The van der Waals surface area contributed by atoms with Crippen LogP contribution in [0.5, 0.6) is 0 Å². The number of nitrogens with one attached hydrogen (secondary N) is 1. The van der Waals surface area contributed by atoms with E-state index in [1.165, 1.54) is 11.3 Å². The maximum absolute atomic E-state index is 12.0. The molecule has 1 aliphatic heterocycles. The summed E-state index contributed by atoms with van der Waals surface area (Å²) < 4.78 is 0. The summed E-state index contributed by atoms with van der Waals surface area (Å²) in [7, 11) is 1.99. The summed E-state index contributed by atoms with van der Waals surface area (Å²) in [6, 6.07) is 3.85. The van der Waals surface area contributed by atoms with E-state index < -0.39 is 0 Å². The van der Waals surface area contributed by atoms with E-state index in [2.05, 4.69) is 5.32 Å². The van der Waals surface area contributed by atoms with Gasteiger partial charge in [0.1, 0.15) is 0 Å². The van der Waals surface area contributed by atoms with E-state index in [1.807, 2.05) is 29.5 Å². The molecule has 0 aliphatic carbocycles. The van der Waals surface area contributed by atoms with Gasteiger partial charge in [-0.1, -0.05) is 6.07 Å². The van der Waals surface area contributed by atoms with Crippen molar-refractivity contribution in [3.8, 4) is 0 Å². The van der Waals surface area contributed by atoms with Crippen LogP contribution in [0.25, 0.3) is 0 Å². The third kappa shape index (κ3) is 2.62. The van der Waals surface area contributed by atoms with Crippen LogP contribution in [-0.2, 0) is 0 Å². The minimum absolute atomic E-state index is 0.206. The Morgan fingerprint density at radius 3 is 2.88 bits per heavy atom. The number of carbonyl (C=O) groups excluding carboxylic acids is 1. The molecule has 1 N–H and O–H groups in total. The third-order valence-electron chi connectivity index (χ3n) is 3.13. The average molecular weight is 238 g/mol. The van der Waals surface area contributed by atoms with Crippen LogP contribution in [0.4, 0.5) is 0 Å². The fourth-order valence-electron chi connectivity index (χ4n) is 2.18. The third-order valence-corrected chi connectivity index (χ3v) is 3.98. The molecule has 3 nitrogen and oxygen atoms in total. The van der Waals surface area contributed by atoms with Gasteiger partial charge in [-0.25, -0.2) is 0 Å². The molecule has 0 radical (unpaired) electrons. The van der Waals surface area contributed by atoms with E-state index in [0.717, 1.165) is 43.3 Å². The summed E-state index contributed by atoms with van der Waals surface area (Å²) in [5.41, 5.74) is 0. The van der Waals surface area contributed by atoms with E-state index in [1.54, 1.807) is 0 Å². The summed E-state index contributed by atoms with van der Waals surface area (Å²) in [5, 5.41) is 5.17. The SMILES string of the molecule is CNCC1CCN(C(=O)c2cccs2)CC1. The topological polar surface area (TPSA) is 32.3 Å². The first kappa shape index (κ1) is 11.6. The average Bonchev–Trinajstić information content (AvgIpc) is 2.83. The monoisotopic (exact) mass is 238 g/mol. The highest BCUT2D eigenvalue weighted by molar-refractivity contribution is 7.12. The van der Waals surface area contributed by atoms with Gasteiger partial charge in [-0.3, -0.25) is 4.79 Å². The van der Waals surface area contributed by atoms with Crippen LogP contribution in [0, 0.1) is 5.92 Å². The summed E-state index contributed by atoms with van der Waals surface area (Å²) >= 11 is 1.53. The zero-order valence-electron chi connectivity index (χ0n) is 9.61. The number of thiophene rings is 1. The molecular weight excluding hydrogens is 220 g/mol. The second-order valence-electron chi connectivity index (χ2n) is 4.27. The van der Waals surface area contributed by atoms with Crippen LogP contribution < -0.4 is 5.32 Å². The molecule has 0 atom stereocenters. The minimum atomic E-state index is 0.206. The van der Waals surface area contributed by atoms with Crippen molar-refractivity contribution in [3.05, 3.63) is 22.4 Å². The molecule has 0 bridgehead atoms. The van der Waals surface area contributed by atoms with Crippen molar-refractivity contribution in [2.75, 3.05) is 26.7 Å². The highest BCUT2D eigenvalue weighted by atomic mass is 32.1. The second-order valence-corrected chi connectivity index (χ2v) is 5.22. The van der Waals surface area contributed by atoms with E-state index in [4.69, 9.17) is 0 Å². The van der Waals surface area contributed by atoms with Gasteiger partial charge in [0.2, 0.25) is 0 Å². The van der Waals surface area contributed by atoms with Crippen LogP contribution in [0.3, 0.4) is 0 Å². The van der Waals surface area contributed by atoms with Crippen molar-refractivity contribution in [2.45, 2.75) is 12.8 Å². The summed E-state index contributed by atoms with van der Waals surface area (Å²) in [4.78, 5) is 14.9. The molecule has 1 amide bonds. The second kappa shape index (κ2) is 5.46. The summed E-state index contributed by atoms with van der Waals surface area (Å²) in [6.07, 6.45) is 2.25. The Balaban J connectivity index is 1.87. The largest absolute Gasteiger partial charge is 0.338 e. The van der Waals surface area contributed by atoms with Crippen molar-refractivity contribution >= 4 is 17.2 Å². The van der Waals surface area contributed by atoms with Gasteiger partial charge in [-0.15, -0.1) is 11.3 Å². The van der Waals surface area contributed by atoms with Crippen molar-refractivity contribution in [1.82, 2.24) is 10.2 Å². The van der Waals surface area contributed by atoms with Crippen molar-refractivity contribution in [2.24, 2.45) is 5.92 Å². The zero-order chi connectivity index (χ0) is 11.4. The van der Waals surface area contributed by atoms with Gasteiger partial charge in [0.15, 0.2) is 0 Å². The first-order valence-corrected chi connectivity index (χ1v) is 6.66. The minimum Gasteiger partial charge on any atom is -0.338 e. The summed E-state index contributed by atoms with van der Waals surface area (Å²) in [5.74, 6) is 0.940. The molecule has 1 saturated heterocycles. The molecule has 0 saturated carbocycles. The normalized spacial score (nSPS) is 17.7. The van der Waals surface area contributed by atoms with Gasteiger partial charge in [-0.05, 0) is 43.8 Å². The van der Waals surface area contributed by atoms with Gasteiger partial charge in [0.25, 0.3) is 5.91 Å². The number of amides is 1. The molecule has 88 valence electrons. The fraction of sp³-hybridized carbons (Fsp3) is 0.583. The molecule has 2 rings (SSSR count). The molecule has 0 unspecified atom stereocenters. The number of hydrogen-bond acceptors (Lipinski definition) is 3. The van der Waals surface area contributed by atoms with Crippen LogP contribution in [-0.4, -0.2) is 37.5 Å². The number of likely N-dealkylation sites (tertiary alicyclic amines) is 1. The van der Waals surface area contributed by atoms with E-state index in [0.29, 0.717) is 0 Å². The predicted molar refractivity (Wildman–Crippen MR) is 66.9 cm³/mol. The van der Waals surface area contributed by atoms with Gasteiger partial charge in [0.05, 0.1) is 4.88 Å². The Bertz CT molecular complexity index is 329. The quantitative estimate of drug-likeness (QED) is 0.871. The van der Waals surface area contributed by atoms with E-state index >= 15 is 0 Å². The Labute approximate surface area is 100 Å². The molecule has 2 heterocycles. The van der Waals surface area contributed by atoms with Gasteiger partial charge in [-0.2, -0.15) is 0 Å². The highest BCUT2D eigenvalue weighted by Gasteiger charge is 2.23. The van der Waals surface area contributed by atoms with Crippen molar-refractivity contribution in [1.29, 1.82) is 0 Å². The molecular formula is C12H18N2OS. The number of carbonyl (C=O) groups is 1. The standard InChI is InChI=1S/C12H18N2OS/c1-13-9-10-4-6-14(7-5-10)12(15)11-3-2-8-16-11/h2-3,8,10,13H,4-7,9H2,1H3. The molecule has 16 heavy (non-hydrogen) atoms. The predicted octanol–water partition coefficient (Wildman–Crippen LogP) is 1.82. The molecule has 1 aromatic rings. The van der Waals surface area contributed by atoms with Crippen LogP contribution in [0.1, 0.15) is 22.5 Å². The van der Waals surface area contributed by atoms with Gasteiger partial charge < -0.3 is 10.2 Å². The number of nitrogens with zero attached hydrogens (tertiary/aromatic N) is 1. The Kier molecular flexibility index (Phi) is 3.96. The maximum atomic E-state index is 12.0. The van der Waals surface area contributed by atoms with Crippen LogP contribution in [0.15, 0.2) is 17.5 Å². The van der Waals surface area contributed by atoms with E-state index in [-0.39, 0.29) is 5.91 Å². The molecule has 1 fully saturated rings. The Hall–Kier alpha value is -0.870. The lowest BCUT2D eigenvalue weighted by Crippen LogP contribution is -2.40. The van der Waals surface area contributed by atoms with Crippen LogP contribution in [0.2, 0.25) is 0 Å². The molecule has 4 heteroatoms. The van der Waals surface area contributed by atoms with Gasteiger partial charge in [0, 0.05) is 13.1 Å². The summed E-state index contributed by atoms with van der Waals surface area (Å²) in [6.45, 7) is 2.88. The first-order valence-electron chi connectivity index (χ1n) is 5.78. The lowest BCUT2D eigenvalue weighted by atomic mass is 9.97. The van der Waals surface area contributed by atoms with Crippen molar-refractivity contribution in [3.63, 3.8) is 0 Å². The number of rotatable bonds is 3. The number of piperidine rings is 1.